The van der Waals surface area contributed by atoms with Crippen LogP contribution in [-0.4, -0.2) is 7.11 Å². The molecule has 1 aromatic carbocycles. The van der Waals surface area contributed by atoms with E-state index in [1.165, 1.54) is 5.56 Å². The van der Waals surface area contributed by atoms with Crippen molar-refractivity contribution in [1.82, 2.24) is 5.48 Å². The van der Waals surface area contributed by atoms with Crippen LogP contribution in [0.4, 0.5) is 0 Å². The van der Waals surface area contributed by atoms with Crippen molar-refractivity contribution in [2.75, 3.05) is 7.11 Å². The number of hydroxylamine groups is 1. The Bertz CT molecular complexity index is 434. The number of aryl methyl sites for hydroxylation is 1. The molecule has 1 N–H and O–H groups in total. The predicted molar refractivity (Wildman–Crippen MR) is 54.8 cm³/mol. The van der Waals surface area contributed by atoms with Crippen LogP contribution in [0, 0.1) is 6.92 Å². The highest BCUT2D eigenvalue weighted by molar-refractivity contribution is 5.78. The standard InChI is InChI=1S/C11H13NO2/c1-8-5-10-6-9(7-12-13-2)3-4-11(10)14-8/h3-6,12H,7H2,1-2H3. The van der Waals surface area contributed by atoms with Crippen LogP contribution in [-0.2, 0) is 11.4 Å². The molecule has 0 bridgehead atoms. The summed E-state index contributed by atoms with van der Waals surface area (Å²) in [6, 6.07) is 8.13. The molecule has 0 radical (unpaired) electrons. The second-order valence-corrected chi connectivity index (χ2v) is 3.25. The maximum absolute atomic E-state index is 5.48. The van der Waals surface area contributed by atoms with Gasteiger partial charge in [0, 0.05) is 11.9 Å². The molecular weight excluding hydrogens is 178 g/mol. The molecule has 2 rings (SSSR count). The summed E-state index contributed by atoms with van der Waals surface area (Å²) < 4.78 is 5.48. The van der Waals surface area contributed by atoms with Gasteiger partial charge in [-0.2, -0.15) is 5.48 Å². The van der Waals surface area contributed by atoms with E-state index in [1.807, 2.05) is 25.1 Å². The first-order valence-corrected chi connectivity index (χ1v) is 4.54. The van der Waals surface area contributed by atoms with E-state index in [1.54, 1.807) is 7.11 Å². The van der Waals surface area contributed by atoms with Crippen molar-refractivity contribution in [1.29, 1.82) is 0 Å². The summed E-state index contributed by atoms with van der Waals surface area (Å²) in [5.74, 6) is 0.942. The maximum Gasteiger partial charge on any atom is 0.134 e. The van der Waals surface area contributed by atoms with Gasteiger partial charge in [-0.1, -0.05) is 6.07 Å². The van der Waals surface area contributed by atoms with E-state index in [4.69, 9.17) is 9.25 Å². The van der Waals surface area contributed by atoms with E-state index < -0.39 is 0 Å². The van der Waals surface area contributed by atoms with Crippen LogP contribution in [0.5, 0.6) is 0 Å². The van der Waals surface area contributed by atoms with E-state index in [0.717, 1.165) is 16.7 Å². The number of furan rings is 1. The first-order valence-electron chi connectivity index (χ1n) is 4.54. The lowest BCUT2D eigenvalue weighted by Gasteiger charge is -2.01. The summed E-state index contributed by atoms with van der Waals surface area (Å²) >= 11 is 0. The molecule has 3 nitrogen and oxygen atoms in total. The Balaban J connectivity index is 2.31. The molecule has 0 atom stereocenters. The Morgan fingerprint density at radius 2 is 2.21 bits per heavy atom. The van der Waals surface area contributed by atoms with Crippen molar-refractivity contribution in [3.05, 3.63) is 35.6 Å². The minimum absolute atomic E-state index is 0.705. The Morgan fingerprint density at radius 3 is 3.00 bits per heavy atom. The van der Waals surface area contributed by atoms with E-state index in [9.17, 15) is 0 Å². The molecule has 0 aliphatic heterocycles. The van der Waals surface area contributed by atoms with Crippen LogP contribution in [0.25, 0.3) is 11.0 Å². The van der Waals surface area contributed by atoms with Crippen LogP contribution < -0.4 is 5.48 Å². The highest BCUT2D eigenvalue weighted by Crippen LogP contribution is 2.19. The molecule has 0 saturated heterocycles. The van der Waals surface area contributed by atoms with E-state index in [0.29, 0.717) is 6.54 Å². The summed E-state index contributed by atoms with van der Waals surface area (Å²) in [5.41, 5.74) is 4.92. The van der Waals surface area contributed by atoms with Crippen LogP contribution >= 0.6 is 0 Å². The highest BCUT2D eigenvalue weighted by Gasteiger charge is 2.00. The summed E-state index contributed by atoms with van der Waals surface area (Å²) in [6.45, 7) is 2.66. The zero-order valence-electron chi connectivity index (χ0n) is 8.33. The molecule has 0 saturated carbocycles. The molecule has 1 aromatic heterocycles. The molecule has 3 heteroatoms. The van der Waals surface area contributed by atoms with Crippen molar-refractivity contribution in [2.24, 2.45) is 0 Å². The van der Waals surface area contributed by atoms with Crippen molar-refractivity contribution in [2.45, 2.75) is 13.5 Å². The third-order valence-electron chi connectivity index (χ3n) is 2.12. The number of nitrogens with one attached hydrogen (secondary N) is 1. The monoisotopic (exact) mass is 191 g/mol. The van der Waals surface area contributed by atoms with Gasteiger partial charge in [0.05, 0.1) is 7.11 Å². The first-order chi connectivity index (χ1) is 6.79. The van der Waals surface area contributed by atoms with Gasteiger partial charge >= 0.3 is 0 Å². The fourth-order valence-electron chi connectivity index (χ4n) is 1.49. The van der Waals surface area contributed by atoms with Crippen molar-refractivity contribution >= 4 is 11.0 Å². The van der Waals surface area contributed by atoms with Gasteiger partial charge in [0.15, 0.2) is 0 Å². The summed E-state index contributed by atoms with van der Waals surface area (Å²) in [7, 11) is 1.61. The smallest absolute Gasteiger partial charge is 0.134 e. The number of fused-ring (bicyclic) bond motifs is 1. The van der Waals surface area contributed by atoms with E-state index in [-0.39, 0.29) is 0 Å². The minimum atomic E-state index is 0.705. The molecule has 14 heavy (non-hydrogen) atoms. The molecule has 0 amide bonds. The molecule has 0 fully saturated rings. The summed E-state index contributed by atoms with van der Waals surface area (Å²) in [5, 5.41) is 1.14. The van der Waals surface area contributed by atoms with Crippen LogP contribution in [0.15, 0.2) is 28.7 Å². The SMILES string of the molecule is CONCc1ccc2oc(C)cc2c1. The Hall–Kier alpha value is -1.32. The lowest BCUT2D eigenvalue weighted by Crippen LogP contribution is -2.10. The Labute approximate surface area is 82.6 Å². The molecule has 1 heterocycles. The van der Waals surface area contributed by atoms with E-state index in [2.05, 4.69) is 11.5 Å². The molecule has 0 aliphatic rings. The van der Waals surface area contributed by atoms with Crippen molar-refractivity contribution in [3.63, 3.8) is 0 Å². The van der Waals surface area contributed by atoms with Crippen molar-refractivity contribution in [3.8, 4) is 0 Å². The fourth-order valence-corrected chi connectivity index (χ4v) is 1.49. The number of hydrogen-bond acceptors (Lipinski definition) is 3. The second kappa shape index (κ2) is 3.82. The number of hydrogen-bond donors (Lipinski definition) is 1. The predicted octanol–water partition coefficient (Wildman–Crippen LogP) is 2.39. The normalized spacial score (nSPS) is 11.0. The molecular formula is C11H13NO2. The Kier molecular flexibility index (Phi) is 2.52. The second-order valence-electron chi connectivity index (χ2n) is 3.25. The van der Waals surface area contributed by atoms with Gasteiger partial charge in [-0.25, -0.2) is 0 Å². The molecule has 74 valence electrons. The van der Waals surface area contributed by atoms with Crippen molar-refractivity contribution < 1.29 is 9.25 Å². The summed E-state index contributed by atoms with van der Waals surface area (Å²) in [6.07, 6.45) is 0. The van der Waals surface area contributed by atoms with Gasteiger partial charge in [0.25, 0.3) is 0 Å². The molecule has 2 aromatic rings. The quantitative estimate of drug-likeness (QED) is 0.756. The van der Waals surface area contributed by atoms with E-state index >= 15 is 0 Å². The lowest BCUT2D eigenvalue weighted by atomic mass is 10.1. The maximum atomic E-state index is 5.48. The van der Waals surface area contributed by atoms with Gasteiger partial charge in [-0.3, -0.25) is 0 Å². The largest absolute Gasteiger partial charge is 0.461 e. The first kappa shape index (κ1) is 9.24. The van der Waals surface area contributed by atoms with Gasteiger partial charge in [0.1, 0.15) is 11.3 Å². The fraction of sp³-hybridized carbons (Fsp3) is 0.273. The lowest BCUT2D eigenvalue weighted by molar-refractivity contribution is 0.0867. The zero-order valence-corrected chi connectivity index (χ0v) is 8.33. The zero-order chi connectivity index (χ0) is 9.97. The minimum Gasteiger partial charge on any atom is -0.461 e. The molecule has 0 spiro atoms. The number of benzene rings is 1. The number of rotatable bonds is 3. The molecule has 0 aliphatic carbocycles. The van der Waals surface area contributed by atoms with Crippen LogP contribution in [0.2, 0.25) is 0 Å². The third kappa shape index (κ3) is 1.78. The Morgan fingerprint density at radius 1 is 1.36 bits per heavy atom. The third-order valence-corrected chi connectivity index (χ3v) is 2.12. The van der Waals surface area contributed by atoms with Gasteiger partial charge in [-0.15, -0.1) is 0 Å². The average Bonchev–Trinajstić information content (AvgIpc) is 2.54. The van der Waals surface area contributed by atoms with Crippen LogP contribution in [0.3, 0.4) is 0 Å². The highest BCUT2D eigenvalue weighted by atomic mass is 16.6. The summed E-state index contributed by atoms with van der Waals surface area (Å²) in [4.78, 5) is 4.79. The van der Waals surface area contributed by atoms with Gasteiger partial charge in [-0.05, 0) is 30.7 Å². The molecule has 0 unspecified atom stereocenters. The average molecular weight is 191 g/mol. The topological polar surface area (TPSA) is 34.4 Å². The van der Waals surface area contributed by atoms with Gasteiger partial charge < -0.3 is 9.25 Å². The van der Waals surface area contributed by atoms with Gasteiger partial charge in [0.2, 0.25) is 0 Å². The van der Waals surface area contributed by atoms with Crippen LogP contribution in [0.1, 0.15) is 11.3 Å².